The van der Waals surface area contributed by atoms with Crippen molar-refractivity contribution in [2.45, 2.75) is 38.8 Å². The van der Waals surface area contributed by atoms with Crippen LogP contribution in [0.1, 0.15) is 30.7 Å². The molecule has 1 aliphatic rings. The van der Waals surface area contributed by atoms with Crippen LogP contribution >= 0.6 is 0 Å². The number of aromatic nitrogens is 3. The third-order valence-corrected chi connectivity index (χ3v) is 5.05. The second-order valence-electron chi connectivity index (χ2n) is 7.22. The van der Waals surface area contributed by atoms with Crippen molar-refractivity contribution in [2.24, 2.45) is 0 Å². The number of fused-ring (bicyclic) bond motifs is 1. The maximum absolute atomic E-state index is 12.5. The molecule has 3 aromatic rings. The molecule has 0 spiro atoms. The van der Waals surface area contributed by atoms with Crippen LogP contribution in [-0.2, 0) is 17.8 Å². The predicted molar refractivity (Wildman–Crippen MR) is 114 cm³/mol. The van der Waals surface area contributed by atoms with Crippen molar-refractivity contribution in [1.29, 1.82) is 0 Å². The summed E-state index contributed by atoms with van der Waals surface area (Å²) in [5, 5.41) is 11.5. The molecule has 0 atom stereocenters. The molecular weight excluding hydrogens is 402 g/mol. The minimum absolute atomic E-state index is 0.0102. The quantitative estimate of drug-likeness (QED) is 0.570. The molecule has 1 aromatic heterocycles. The zero-order chi connectivity index (χ0) is 21.6. The van der Waals surface area contributed by atoms with Gasteiger partial charge in [-0.1, -0.05) is 36.8 Å². The van der Waals surface area contributed by atoms with Crippen molar-refractivity contribution >= 4 is 17.7 Å². The molecule has 8 heteroatoms. The monoisotopic (exact) mass is 424 g/mol. The number of rotatable bonds is 6. The molecule has 1 amide bonds. The van der Waals surface area contributed by atoms with Gasteiger partial charge in [0.1, 0.15) is 11.6 Å². The third kappa shape index (κ3) is 5.14. The summed E-state index contributed by atoms with van der Waals surface area (Å²) in [4.78, 5) is 12.4. The molecule has 2 heterocycles. The first kappa shape index (κ1) is 20.7. The lowest BCUT2D eigenvalue weighted by Gasteiger charge is -2.09. The Kier molecular flexibility index (Phi) is 6.35. The van der Waals surface area contributed by atoms with Gasteiger partial charge in [-0.3, -0.25) is 4.79 Å². The van der Waals surface area contributed by atoms with Gasteiger partial charge in [-0.05, 0) is 37.1 Å². The number of aryl methyl sites for hydroxylation is 1. The highest BCUT2D eigenvalue weighted by Crippen LogP contribution is 2.25. The number of alkyl halides is 2. The SMILES string of the molecule is O=C(/C=C/c1ccccc1OC(F)F)Nc1cccc(-c2nnc3n2CCCCC3)c1. The van der Waals surface area contributed by atoms with E-state index in [1.54, 1.807) is 24.3 Å². The van der Waals surface area contributed by atoms with Crippen molar-refractivity contribution in [3.63, 3.8) is 0 Å². The van der Waals surface area contributed by atoms with E-state index in [-0.39, 0.29) is 11.7 Å². The minimum atomic E-state index is -2.93. The fourth-order valence-electron chi connectivity index (χ4n) is 3.61. The second-order valence-corrected chi connectivity index (χ2v) is 7.22. The number of halogens is 2. The van der Waals surface area contributed by atoms with Crippen LogP contribution in [0.4, 0.5) is 14.5 Å². The molecule has 31 heavy (non-hydrogen) atoms. The molecule has 0 unspecified atom stereocenters. The summed E-state index contributed by atoms with van der Waals surface area (Å²) in [7, 11) is 0. The smallest absolute Gasteiger partial charge is 0.387 e. The Morgan fingerprint density at radius 3 is 2.84 bits per heavy atom. The molecule has 0 bridgehead atoms. The Morgan fingerprint density at radius 1 is 1.10 bits per heavy atom. The first-order valence-corrected chi connectivity index (χ1v) is 10.2. The Morgan fingerprint density at radius 2 is 1.97 bits per heavy atom. The molecule has 0 fully saturated rings. The zero-order valence-corrected chi connectivity index (χ0v) is 16.8. The Labute approximate surface area is 178 Å². The van der Waals surface area contributed by atoms with Gasteiger partial charge in [-0.25, -0.2) is 0 Å². The van der Waals surface area contributed by atoms with Gasteiger partial charge in [-0.2, -0.15) is 8.78 Å². The van der Waals surface area contributed by atoms with E-state index in [2.05, 4.69) is 24.8 Å². The third-order valence-electron chi connectivity index (χ3n) is 5.05. The largest absolute Gasteiger partial charge is 0.434 e. The average molecular weight is 424 g/mol. The highest BCUT2D eigenvalue weighted by Gasteiger charge is 2.16. The van der Waals surface area contributed by atoms with Gasteiger partial charge in [0.05, 0.1) is 0 Å². The first-order chi connectivity index (χ1) is 15.1. The molecule has 0 aliphatic carbocycles. The summed E-state index contributed by atoms with van der Waals surface area (Å²) in [5.41, 5.74) is 1.87. The van der Waals surface area contributed by atoms with Gasteiger partial charge in [0.2, 0.25) is 5.91 Å². The lowest BCUT2D eigenvalue weighted by atomic mass is 10.1. The van der Waals surface area contributed by atoms with Crippen molar-refractivity contribution in [2.75, 3.05) is 5.32 Å². The fraction of sp³-hybridized carbons (Fsp3) is 0.261. The van der Waals surface area contributed by atoms with Gasteiger partial charge < -0.3 is 14.6 Å². The molecule has 1 aliphatic heterocycles. The van der Waals surface area contributed by atoms with E-state index in [0.29, 0.717) is 11.3 Å². The van der Waals surface area contributed by atoms with E-state index in [4.69, 9.17) is 0 Å². The number of para-hydroxylation sites is 1. The average Bonchev–Trinajstić information content (AvgIpc) is 3.01. The molecule has 2 aromatic carbocycles. The summed E-state index contributed by atoms with van der Waals surface area (Å²) in [6, 6.07) is 13.7. The minimum Gasteiger partial charge on any atom is -0.434 e. The number of benzene rings is 2. The van der Waals surface area contributed by atoms with Crippen LogP contribution in [0, 0.1) is 0 Å². The highest BCUT2D eigenvalue weighted by molar-refractivity contribution is 6.02. The van der Waals surface area contributed by atoms with Crippen LogP contribution in [-0.4, -0.2) is 27.3 Å². The molecular formula is C23H22F2N4O2. The Balaban J connectivity index is 1.48. The van der Waals surface area contributed by atoms with E-state index >= 15 is 0 Å². The van der Waals surface area contributed by atoms with E-state index < -0.39 is 6.61 Å². The Bertz CT molecular complexity index is 1090. The molecule has 0 saturated heterocycles. The zero-order valence-electron chi connectivity index (χ0n) is 16.8. The molecule has 6 nitrogen and oxygen atoms in total. The molecule has 4 rings (SSSR count). The number of ether oxygens (including phenoxy) is 1. The van der Waals surface area contributed by atoms with Gasteiger partial charge in [0.15, 0.2) is 5.82 Å². The number of amides is 1. The van der Waals surface area contributed by atoms with Gasteiger partial charge >= 0.3 is 6.61 Å². The summed E-state index contributed by atoms with van der Waals surface area (Å²) in [6.07, 6.45) is 7.03. The number of hydrogen-bond donors (Lipinski definition) is 1. The Hall–Kier alpha value is -3.55. The lowest BCUT2D eigenvalue weighted by Crippen LogP contribution is -2.08. The van der Waals surface area contributed by atoms with E-state index in [0.717, 1.165) is 43.0 Å². The van der Waals surface area contributed by atoms with Gasteiger partial charge in [0, 0.05) is 35.9 Å². The van der Waals surface area contributed by atoms with Crippen LogP contribution in [0.2, 0.25) is 0 Å². The van der Waals surface area contributed by atoms with Crippen LogP contribution in [0.25, 0.3) is 17.5 Å². The molecule has 160 valence electrons. The maximum Gasteiger partial charge on any atom is 0.387 e. The molecule has 0 saturated carbocycles. The van der Waals surface area contributed by atoms with Crippen LogP contribution in [0.15, 0.2) is 54.6 Å². The number of anilines is 1. The number of carbonyl (C=O) groups excluding carboxylic acids is 1. The number of hydrogen-bond acceptors (Lipinski definition) is 4. The topological polar surface area (TPSA) is 69.0 Å². The molecule has 1 N–H and O–H groups in total. The summed E-state index contributed by atoms with van der Waals surface area (Å²) >= 11 is 0. The van der Waals surface area contributed by atoms with E-state index in [1.807, 2.05) is 18.2 Å². The highest BCUT2D eigenvalue weighted by atomic mass is 19.3. The molecule has 0 radical (unpaired) electrons. The summed E-state index contributed by atoms with van der Waals surface area (Å²) in [5.74, 6) is 1.41. The second kappa shape index (κ2) is 9.51. The van der Waals surface area contributed by atoms with Crippen molar-refractivity contribution in [1.82, 2.24) is 14.8 Å². The van der Waals surface area contributed by atoms with Crippen molar-refractivity contribution < 1.29 is 18.3 Å². The number of carbonyl (C=O) groups is 1. The number of nitrogens with one attached hydrogen (secondary N) is 1. The van der Waals surface area contributed by atoms with Crippen LogP contribution in [0.3, 0.4) is 0 Å². The van der Waals surface area contributed by atoms with Crippen molar-refractivity contribution in [3.8, 4) is 17.1 Å². The number of nitrogens with zero attached hydrogens (tertiary/aromatic N) is 3. The standard InChI is InChI=1S/C23H22F2N4O2/c24-23(25)31-19-10-4-3-7-16(19)12-13-21(30)26-18-9-6-8-17(15-18)22-28-27-20-11-2-1-5-14-29(20)22/h3-4,6-10,12-13,15,23H,1-2,5,11,14H2,(H,26,30)/b13-12+. The normalized spacial score (nSPS) is 13.8. The van der Waals surface area contributed by atoms with Gasteiger partial charge in [-0.15, -0.1) is 10.2 Å². The van der Waals surface area contributed by atoms with E-state index in [9.17, 15) is 13.6 Å². The van der Waals surface area contributed by atoms with Gasteiger partial charge in [0.25, 0.3) is 0 Å². The van der Waals surface area contributed by atoms with Crippen molar-refractivity contribution in [3.05, 3.63) is 66.0 Å². The van der Waals surface area contributed by atoms with Crippen LogP contribution in [0.5, 0.6) is 5.75 Å². The lowest BCUT2D eigenvalue weighted by molar-refractivity contribution is -0.111. The summed E-state index contributed by atoms with van der Waals surface area (Å²) < 4.78 is 31.7. The summed E-state index contributed by atoms with van der Waals surface area (Å²) in [6.45, 7) is -2.05. The van der Waals surface area contributed by atoms with E-state index in [1.165, 1.54) is 24.6 Å². The fourth-order valence-corrected chi connectivity index (χ4v) is 3.61. The predicted octanol–water partition coefficient (Wildman–Crippen LogP) is 4.92. The van der Waals surface area contributed by atoms with Crippen LogP contribution < -0.4 is 10.1 Å². The first-order valence-electron chi connectivity index (χ1n) is 10.2. The maximum atomic E-state index is 12.5.